The highest BCUT2D eigenvalue weighted by Crippen LogP contribution is 2.19. The minimum absolute atomic E-state index is 0.593. The lowest BCUT2D eigenvalue weighted by Gasteiger charge is -2.08. The lowest BCUT2D eigenvalue weighted by atomic mass is 10.2. The summed E-state index contributed by atoms with van der Waals surface area (Å²) in [5, 5.41) is 0. The number of nitrogen functional groups attached to an aromatic ring is 1. The molecule has 15 heavy (non-hydrogen) atoms. The molecule has 0 saturated heterocycles. The molecule has 0 saturated carbocycles. The van der Waals surface area contributed by atoms with E-state index in [1.54, 1.807) is 7.11 Å². The van der Waals surface area contributed by atoms with Crippen molar-refractivity contribution in [2.24, 2.45) is 0 Å². The Morgan fingerprint density at radius 1 is 1.27 bits per heavy atom. The van der Waals surface area contributed by atoms with Gasteiger partial charge in [-0.05, 0) is 29.8 Å². The third kappa shape index (κ3) is 2.02. The van der Waals surface area contributed by atoms with Gasteiger partial charge in [-0.25, -0.2) is 0 Å². The monoisotopic (exact) mass is 202 g/mol. The number of ether oxygens (including phenoxy) is 1. The Bertz CT molecular complexity index is 435. The van der Waals surface area contributed by atoms with Gasteiger partial charge >= 0.3 is 0 Å². The fourth-order valence-electron chi connectivity index (χ4n) is 1.59. The van der Waals surface area contributed by atoms with Crippen LogP contribution in [0, 0.1) is 0 Å². The van der Waals surface area contributed by atoms with Gasteiger partial charge in [0.05, 0.1) is 18.0 Å². The summed E-state index contributed by atoms with van der Waals surface area (Å²) in [7, 11) is 1.68. The van der Waals surface area contributed by atoms with E-state index in [9.17, 15) is 0 Å². The van der Waals surface area contributed by atoms with Gasteiger partial charge in [0.1, 0.15) is 0 Å². The van der Waals surface area contributed by atoms with E-state index < -0.39 is 0 Å². The van der Waals surface area contributed by atoms with Gasteiger partial charge in [0.2, 0.25) is 0 Å². The molecule has 0 aliphatic carbocycles. The van der Waals surface area contributed by atoms with Gasteiger partial charge < -0.3 is 15.0 Å². The van der Waals surface area contributed by atoms with Crippen molar-refractivity contribution in [2.45, 2.75) is 6.61 Å². The maximum Gasteiger partial charge on any atom is 0.0713 e. The second kappa shape index (κ2) is 4.19. The van der Waals surface area contributed by atoms with Gasteiger partial charge in [-0.2, -0.15) is 0 Å². The summed E-state index contributed by atoms with van der Waals surface area (Å²) >= 11 is 0. The fourth-order valence-corrected chi connectivity index (χ4v) is 1.59. The Labute approximate surface area is 89.1 Å². The maximum absolute atomic E-state index is 5.97. The molecule has 0 bridgehead atoms. The van der Waals surface area contributed by atoms with Gasteiger partial charge in [-0.3, -0.25) is 0 Å². The summed E-state index contributed by atoms with van der Waals surface area (Å²) in [6, 6.07) is 9.92. The summed E-state index contributed by atoms with van der Waals surface area (Å²) in [5.41, 5.74) is 8.82. The summed E-state index contributed by atoms with van der Waals surface area (Å²) in [6.45, 7) is 0.593. The number of aromatic nitrogens is 1. The normalized spacial score (nSPS) is 10.5. The lowest BCUT2D eigenvalue weighted by Crippen LogP contribution is -1.99. The number of rotatable bonds is 3. The Morgan fingerprint density at radius 3 is 2.60 bits per heavy atom. The Balaban J connectivity index is 2.35. The maximum atomic E-state index is 5.97. The summed E-state index contributed by atoms with van der Waals surface area (Å²) in [4.78, 5) is 0. The second-order valence-electron chi connectivity index (χ2n) is 3.42. The van der Waals surface area contributed by atoms with Gasteiger partial charge in [0, 0.05) is 19.5 Å². The lowest BCUT2D eigenvalue weighted by molar-refractivity contribution is 0.185. The molecule has 3 nitrogen and oxygen atoms in total. The Morgan fingerprint density at radius 2 is 2.00 bits per heavy atom. The van der Waals surface area contributed by atoms with Crippen LogP contribution in [0.5, 0.6) is 0 Å². The predicted molar refractivity (Wildman–Crippen MR) is 60.9 cm³/mol. The van der Waals surface area contributed by atoms with Crippen LogP contribution in [0.2, 0.25) is 0 Å². The number of nitrogens with zero attached hydrogens (tertiary/aromatic N) is 1. The van der Waals surface area contributed by atoms with Crippen LogP contribution < -0.4 is 5.73 Å². The van der Waals surface area contributed by atoms with Crippen LogP contribution in [0.4, 0.5) is 5.69 Å². The van der Waals surface area contributed by atoms with E-state index in [0.29, 0.717) is 6.61 Å². The molecule has 0 aliphatic rings. The Kier molecular flexibility index (Phi) is 2.74. The SMILES string of the molecule is COCc1ccc(-n2cccc2)c(N)c1. The molecule has 0 atom stereocenters. The van der Waals surface area contributed by atoms with E-state index in [1.165, 1.54) is 0 Å². The molecule has 2 aromatic rings. The van der Waals surface area contributed by atoms with E-state index in [1.807, 2.05) is 47.3 Å². The topological polar surface area (TPSA) is 40.2 Å². The molecule has 0 unspecified atom stereocenters. The van der Waals surface area contributed by atoms with E-state index in [-0.39, 0.29) is 0 Å². The van der Waals surface area contributed by atoms with Crippen molar-refractivity contribution in [1.82, 2.24) is 4.57 Å². The third-order valence-corrected chi connectivity index (χ3v) is 2.29. The number of nitrogens with two attached hydrogens (primary N) is 1. The molecule has 78 valence electrons. The summed E-state index contributed by atoms with van der Waals surface area (Å²) < 4.78 is 7.04. The van der Waals surface area contributed by atoms with Crippen LogP contribution >= 0.6 is 0 Å². The van der Waals surface area contributed by atoms with Crippen LogP contribution in [0.25, 0.3) is 5.69 Å². The van der Waals surface area contributed by atoms with Crippen molar-refractivity contribution in [3.8, 4) is 5.69 Å². The molecule has 1 aromatic carbocycles. The number of hydrogen-bond acceptors (Lipinski definition) is 2. The van der Waals surface area contributed by atoms with Crippen molar-refractivity contribution in [3.05, 3.63) is 48.3 Å². The van der Waals surface area contributed by atoms with E-state index >= 15 is 0 Å². The van der Waals surface area contributed by atoms with Crippen molar-refractivity contribution in [2.75, 3.05) is 12.8 Å². The standard InChI is InChI=1S/C12H14N2O/c1-15-9-10-4-5-12(11(13)8-10)14-6-2-3-7-14/h2-8H,9,13H2,1H3. The van der Waals surface area contributed by atoms with Crippen LogP contribution in [-0.2, 0) is 11.3 Å². The Hall–Kier alpha value is -1.74. The van der Waals surface area contributed by atoms with Crippen molar-refractivity contribution >= 4 is 5.69 Å². The number of anilines is 1. The average Bonchev–Trinajstić information content (AvgIpc) is 2.71. The highest BCUT2D eigenvalue weighted by Gasteiger charge is 2.01. The minimum Gasteiger partial charge on any atom is -0.397 e. The van der Waals surface area contributed by atoms with Crippen LogP contribution in [0.1, 0.15) is 5.56 Å². The first-order valence-corrected chi connectivity index (χ1v) is 4.82. The predicted octanol–water partition coefficient (Wildman–Crippen LogP) is 2.21. The molecule has 2 N–H and O–H groups in total. The number of benzene rings is 1. The smallest absolute Gasteiger partial charge is 0.0713 e. The van der Waals surface area contributed by atoms with E-state index in [0.717, 1.165) is 16.9 Å². The van der Waals surface area contributed by atoms with Crippen LogP contribution in [0.15, 0.2) is 42.7 Å². The van der Waals surface area contributed by atoms with Crippen LogP contribution in [-0.4, -0.2) is 11.7 Å². The summed E-state index contributed by atoms with van der Waals surface area (Å²) in [5.74, 6) is 0. The fraction of sp³-hybridized carbons (Fsp3) is 0.167. The molecule has 0 radical (unpaired) electrons. The average molecular weight is 202 g/mol. The highest BCUT2D eigenvalue weighted by atomic mass is 16.5. The quantitative estimate of drug-likeness (QED) is 0.775. The molecule has 0 spiro atoms. The molecule has 0 fully saturated rings. The van der Waals surface area contributed by atoms with E-state index in [4.69, 9.17) is 10.5 Å². The number of hydrogen-bond donors (Lipinski definition) is 1. The zero-order chi connectivity index (χ0) is 10.7. The first-order valence-electron chi connectivity index (χ1n) is 4.82. The molecular formula is C12H14N2O. The van der Waals surface area contributed by atoms with Crippen molar-refractivity contribution in [1.29, 1.82) is 0 Å². The number of methoxy groups -OCH3 is 1. The first-order chi connectivity index (χ1) is 7.31. The zero-order valence-electron chi connectivity index (χ0n) is 8.68. The largest absolute Gasteiger partial charge is 0.397 e. The molecule has 1 aromatic heterocycles. The molecular weight excluding hydrogens is 188 g/mol. The van der Waals surface area contributed by atoms with Gasteiger partial charge in [0.25, 0.3) is 0 Å². The minimum atomic E-state index is 0.593. The van der Waals surface area contributed by atoms with Gasteiger partial charge in [-0.15, -0.1) is 0 Å². The molecule has 1 heterocycles. The second-order valence-corrected chi connectivity index (χ2v) is 3.42. The van der Waals surface area contributed by atoms with Crippen LogP contribution in [0.3, 0.4) is 0 Å². The first kappa shape index (κ1) is 9.80. The van der Waals surface area contributed by atoms with Gasteiger partial charge in [-0.1, -0.05) is 6.07 Å². The van der Waals surface area contributed by atoms with E-state index in [2.05, 4.69) is 0 Å². The van der Waals surface area contributed by atoms with Gasteiger partial charge in [0.15, 0.2) is 0 Å². The summed E-state index contributed by atoms with van der Waals surface area (Å²) in [6.07, 6.45) is 3.95. The molecule has 0 aliphatic heterocycles. The molecule has 3 heteroatoms. The molecule has 0 amide bonds. The highest BCUT2D eigenvalue weighted by molar-refractivity contribution is 5.59. The molecule has 2 rings (SSSR count). The third-order valence-electron chi connectivity index (χ3n) is 2.29. The van der Waals surface area contributed by atoms with Crippen molar-refractivity contribution < 1.29 is 4.74 Å². The zero-order valence-corrected chi connectivity index (χ0v) is 8.68. The van der Waals surface area contributed by atoms with Crippen molar-refractivity contribution in [3.63, 3.8) is 0 Å².